The van der Waals surface area contributed by atoms with E-state index in [1.54, 1.807) is 32.3 Å². The molecule has 138 valence electrons. The van der Waals surface area contributed by atoms with E-state index in [2.05, 4.69) is 19.8 Å². The van der Waals surface area contributed by atoms with Crippen LogP contribution in [0.25, 0.3) is 0 Å². The van der Waals surface area contributed by atoms with Gasteiger partial charge >= 0.3 is 0 Å². The van der Waals surface area contributed by atoms with Gasteiger partial charge in [-0.2, -0.15) is 0 Å². The van der Waals surface area contributed by atoms with E-state index < -0.39 is 10.0 Å². The van der Waals surface area contributed by atoms with E-state index in [-0.39, 0.29) is 17.2 Å². The summed E-state index contributed by atoms with van der Waals surface area (Å²) >= 11 is 1.47. The summed E-state index contributed by atoms with van der Waals surface area (Å²) in [6.07, 6.45) is 3.79. The minimum Gasteiger partial charge on any atom is -0.485 e. The summed E-state index contributed by atoms with van der Waals surface area (Å²) in [5.41, 5.74) is 1.15. The molecule has 0 aliphatic heterocycles. The third-order valence-corrected chi connectivity index (χ3v) is 6.08. The summed E-state index contributed by atoms with van der Waals surface area (Å²) in [4.78, 5) is 8.53. The van der Waals surface area contributed by atoms with Gasteiger partial charge in [-0.3, -0.25) is 4.98 Å². The predicted octanol–water partition coefficient (Wildman–Crippen LogP) is 2.24. The molecule has 0 saturated heterocycles. The third-order valence-electron chi connectivity index (χ3n) is 3.51. The third kappa shape index (κ3) is 4.45. The van der Waals surface area contributed by atoms with Gasteiger partial charge in [-0.05, 0) is 26.0 Å². The van der Waals surface area contributed by atoms with E-state index in [4.69, 9.17) is 9.26 Å². The molecule has 0 aliphatic carbocycles. The highest BCUT2D eigenvalue weighted by Crippen LogP contribution is 2.19. The molecular formula is C16H18N4O4S2. The van der Waals surface area contributed by atoms with Crippen molar-refractivity contribution in [3.8, 4) is 5.75 Å². The fourth-order valence-corrected chi connectivity index (χ4v) is 4.45. The molecule has 0 fully saturated rings. The second-order valence-electron chi connectivity index (χ2n) is 5.51. The van der Waals surface area contributed by atoms with Gasteiger partial charge in [-0.15, -0.1) is 11.3 Å². The highest BCUT2D eigenvalue weighted by Gasteiger charge is 2.23. The molecule has 3 heterocycles. The van der Waals surface area contributed by atoms with Crippen molar-refractivity contribution in [2.75, 3.05) is 6.54 Å². The molecule has 3 aromatic rings. The number of hydrogen-bond donors (Lipinski definition) is 1. The van der Waals surface area contributed by atoms with Crippen LogP contribution in [0, 0.1) is 13.8 Å². The fourth-order valence-electron chi connectivity index (χ4n) is 2.35. The number of ether oxygens (including phenoxy) is 1. The van der Waals surface area contributed by atoms with Crippen molar-refractivity contribution in [2.24, 2.45) is 0 Å². The molecule has 10 heteroatoms. The first-order valence-electron chi connectivity index (χ1n) is 7.84. The van der Waals surface area contributed by atoms with Gasteiger partial charge in [-0.1, -0.05) is 5.16 Å². The van der Waals surface area contributed by atoms with Crippen LogP contribution in [0.3, 0.4) is 0 Å². The smallest absolute Gasteiger partial charge is 0.245 e. The molecule has 0 amide bonds. The van der Waals surface area contributed by atoms with E-state index >= 15 is 0 Å². The zero-order valence-corrected chi connectivity index (χ0v) is 15.9. The summed E-state index contributed by atoms with van der Waals surface area (Å²) in [6.45, 7) is 3.75. The van der Waals surface area contributed by atoms with Crippen LogP contribution in [0.5, 0.6) is 5.75 Å². The fraction of sp³-hybridized carbons (Fsp3) is 0.312. The maximum Gasteiger partial charge on any atom is 0.245 e. The van der Waals surface area contributed by atoms with Crippen molar-refractivity contribution in [1.29, 1.82) is 0 Å². The maximum atomic E-state index is 12.3. The van der Waals surface area contributed by atoms with Crippen LogP contribution in [0.2, 0.25) is 0 Å². The molecule has 0 aliphatic rings. The van der Waals surface area contributed by atoms with Crippen molar-refractivity contribution < 1.29 is 17.7 Å². The second kappa shape index (κ2) is 7.94. The Balaban J connectivity index is 1.52. The van der Waals surface area contributed by atoms with Gasteiger partial charge in [-0.25, -0.2) is 18.1 Å². The first-order chi connectivity index (χ1) is 12.5. The number of nitrogens with one attached hydrogen (secondary N) is 1. The Kier molecular flexibility index (Phi) is 5.64. The molecule has 0 aromatic carbocycles. The van der Waals surface area contributed by atoms with Crippen molar-refractivity contribution in [3.05, 3.63) is 52.1 Å². The lowest BCUT2D eigenvalue weighted by atomic mass is 10.3. The number of aromatic nitrogens is 3. The predicted molar refractivity (Wildman–Crippen MR) is 95.6 cm³/mol. The summed E-state index contributed by atoms with van der Waals surface area (Å²) in [6, 6.07) is 3.62. The average molecular weight is 394 g/mol. The normalized spacial score (nSPS) is 11.6. The molecule has 3 rings (SSSR count). The molecule has 26 heavy (non-hydrogen) atoms. The van der Waals surface area contributed by atoms with Crippen molar-refractivity contribution in [2.45, 2.75) is 31.8 Å². The van der Waals surface area contributed by atoms with E-state index in [1.807, 2.05) is 11.4 Å². The Morgan fingerprint density at radius 3 is 2.88 bits per heavy atom. The molecule has 3 aromatic heterocycles. The molecule has 0 spiro atoms. The molecule has 1 N–H and O–H groups in total. The second-order valence-corrected chi connectivity index (χ2v) is 8.16. The lowest BCUT2D eigenvalue weighted by molar-refractivity contribution is 0.304. The highest BCUT2D eigenvalue weighted by atomic mass is 32.2. The van der Waals surface area contributed by atoms with Crippen LogP contribution in [0.4, 0.5) is 0 Å². The van der Waals surface area contributed by atoms with Crippen molar-refractivity contribution >= 4 is 21.4 Å². The standard InChI is InChI=1S/C16H18N4O4S2/c1-11-16(12(2)24-20-11)26(21,22)18-7-5-13-10-25-15(19-13)9-23-14-4-3-6-17-8-14/h3-4,6,8,10,18H,5,7,9H2,1-2H3. The zero-order chi connectivity index (χ0) is 18.6. The van der Waals surface area contributed by atoms with Gasteiger partial charge in [0.1, 0.15) is 28.0 Å². The number of sulfonamides is 1. The summed E-state index contributed by atoms with van der Waals surface area (Å²) < 4.78 is 37.7. The molecular weight excluding hydrogens is 376 g/mol. The Labute approximate surface area is 155 Å². The van der Waals surface area contributed by atoms with Gasteiger partial charge in [0.25, 0.3) is 0 Å². The number of nitrogens with zero attached hydrogens (tertiary/aromatic N) is 3. The van der Waals surface area contributed by atoms with Crippen LogP contribution >= 0.6 is 11.3 Å². The molecule has 0 radical (unpaired) electrons. The Morgan fingerprint density at radius 1 is 1.35 bits per heavy atom. The maximum absolute atomic E-state index is 12.3. The van der Waals surface area contributed by atoms with Crippen LogP contribution in [-0.4, -0.2) is 30.1 Å². The van der Waals surface area contributed by atoms with E-state index in [1.165, 1.54) is 11.3 Å². The van der Waals surface area contributed by atoms with Gasteiger partial charge in [0, 0.05) is 24.5 Å². The average Bonchev–Trinajstić information content (AvgIpc) is 3.20. The van der Waals surface area contributed by atoms with Crippen LogP contribution in [0.15, 0.2) is 39.3 Å². The van der Waals surface area contributed by atoms with Gasteiger partial charge < -0.3 is 9.26 Å². The summed E-state index contributed by atoms with van der Waals surface area (Å²) in [5.74, 6) is 0.954. The van der Waals surface area contributed by atoms with E-state index in [9.17, 15) is 8.42 Å². The van der Waals surface area contributed by atoms with E-state index in [0.717, 1.165) is 10.7 Å². The Bertz CT molecular complexity index is 948. The van der Waals surface area contributed by atoms with Crippen molar-refractivity contribution in [3.63, 3.8) is 0 Å². The lowest BCUT2D eigenvalue weighted by Gasteiger charge is -2.05. The molecule has 0 unspecified atom stereocenters. The number of aryl methyl sites for hydroxylation is 2. The Hall–Kier alpha value is -2.30. The molecule has 0 saturated carbocycles. The monoisotopic (exact) mass is 394 g/mol. The molecule has 0 atom stereocenters. The van der Waals surface area contributed by atoms with Crippen LogP contribution < -0.4 is 9.46 Å². The van der Waals surface area contributed by atoms with Gasteiger partial charge in [0.2, 0.25) is 10.0 Å². The summed E-state index contributed by atoms with van der Waals surface area (Å²) in [5, 5.41) is 6.39. The van der Waals surface area contributed by atoms with Gasteiger partial charge in [0.05, 0.1) is 11.9 Å². The van der Waals surface area contributed by atoms with Crippen molar-refractivity contribution in [1.82, 2.24) is 19.8 Å². The number of pyridine rings is 1. The number of hydrogen-bond acceptors (Lipinski definition) is 8. The SMILES string of the molecule is Cc1noc(C)c1S(=O)(=O)NCCc1csc(COc2cccnc2)n1. The topological polar surface area (TPSA) is 107 Å². The minimum atomic E-state index is -3.65. The van der Waals surface area contributed by atoms with Gasteiger partial charge in [0.15, 0.2) is 5.76 Å². The zero-order valence-electron chi connectivity index (χ0n) is 14.3. The minimum absolute atomic E-state index is 0.0985. The first-order valence-corrected chi connectivity index (χ1v) is 10.2. The largest absolute Gasteiger partial charge is 0.485 e. The molecule has 0 bridgehead atoms. The Morgan fingerprint density at radius 2 is 2.19 bits per heavy atom. The van der Waals surface area contributed by atoms with E-state index in [0.29, 0.717) is 24.5 Å². The molecule has 8 nitrogen and oxygen atoms in total. The summed E-state index contributed by atoms with van der Waals surface area (Å²) in [7, 11) is -3.65. The van der Waals surface area contributed by atoms with Crippen LogP contribution in [0.1, 0.15) is 22.2 Å². The number of rotatable bonds is 8. The van der Waals surface area contributed by atoms with Crippen LogP contribution in [-0.2, 0) is 23.1 Å². The quantitative estimate of drug-likeness (QED) is 0.624. The highest BCUT2D eigenvalue weighted by molar-refractivity contribution is 7.89. The number of thiazole rings is 1. The first kappa shape index (κ1) is 18.5. The lowest BCUT2D eigenvalue weighted by Crippen LogP contribution is -2.26.